The van der Waals surface area contributed by atoms with Crippen LogP contribution in [-0.4, -0.2) is 27.8 Å². The van der Waals surface area contributed by atoms with Crippen molar-refractivity contribution in [3.63, 3.8) is 0 Å². The molecular formula is C20H17F6N3O2. The highest BCUT2D eigenvalue weighted by atomic mass is 19.4. The Bertz CT molecular complexity index is 1100. The number of alkyl halides is 5. The van der Waals surface area contributed by atoms with Crippen LogP contribution in [0.15, 0.2) is 41.5 Å². The van der Waals surface area contributed by atoms with E-state index in [4.69, 9.17) is 0 Å². The van der Waals surface area contributed by atoms with Gasteiger partial charge in [0.2, 0.25) is 0 Å². The largest absolute Gasteiger partial charge is 0.417 e. The van der Waals surface area contributed by atoms with Gasteiger partial charge in [-0.15, -0.1) is 0 Å². The summed E-state index contributed by atoms with van der Waals surface area (Å²) in [4.78, 5) is 20.3. The second-order valence-electron chi connectivity index (χ2n) is 6.69. The summed E-state index contributed by atoms with van der Waals surface area (Å²) in [7, 11) is 0. The SMILES string of the molecule is O=c1c2cc(F)c(-c3ccc(C(F)(F)F)cn3)nc2ccn1CCCCCOC(F)F. The lowest BCUT2D eigenvalue weighted by molar-refractivity contribution is -0.137. The van der Waals surface area contributed by atoms with Gasteiger partial charge in [-0.3, -0.25) is 9.78 Å². The first-order valence-electron chi connectivity index (χ1n) is 9.30. The van der Waals surface area contributed by atoms with E-state index in [-0.39, 0.29) is 28.9 Å². The highest BCUT2D eigenvalue weighted by molar-refractivity contribution is 5.80. The fraction of sp³-hybridized carbons (Fsp3) is 0.350. The van der Waals surface area contributed by atoms with Gasteiger partial charge in [0.1, 0.15) is 5.69 Å². The van der Waals surface area contributed by atoms with Crippen LogP contribution in [0.4, 0.5) is 26.3 Å². The van der Waals surface area contributed by atoms with E-state index in [1.54, 1.807) is 0 Å². The van der Waals surface area contributed by atoms with Crippen molar-refractivity contribution in [2.45, 2.75) is 38.6 Å². The molecule has 0 aliphatic heterocycles. The summed E-state index contributed by atoms with van der Waals surface area (Å²) in [6.45, 7) is -2.60. The Morgan fingerprint density at radius 3 is 2.52 bits per heavy atom. The minimum absolute atomic E-state index is 0.0108. The lowest BCUT2D eigenvalue weighted by Gasteiger charge is -2.10. The highest BCUT2D eigenvalue weighted by Gasteiger charge is 2.30. The Morgan fingerprint density at radius 1 is 1.10 bits per heavy atom. The number of hydrogen-bond acceptors (Lipinski definition) is 4. The Labute approximate surface area is 172 Å². The predicted molar refractivity (Wildman–Crippen MR) is 100 cm³/mol. The normalized spacial score (nSPS) is 12.1. The summed E-state index contributed by atoms with van der Waals surface area (Å²) >= 11 is 0. The molecule has 0 aliphatic carbocycles. The molecule has 11 heteroatoms. The Kier molecular flexibility index (Phi) is 6.94. The lowest BCUT2D eigenvalue weighted by atomic mass is 10.1. The number of halogens is 6. The minimum Gasteiger partial charge on any atom is -0.323 e. The molecule has 31 heavy (non-hydrogen) atoms. The number of unbranched alkanes of at least 4 members (excludes halogenated alkanes) is 2. The predicted octanol–water partition coefficient (Wildman–Crippen LogP) is 5.03. The van der Waals surface area contributed by atoms with Gasteiger partial charge in [-0.2, -0.15) is 22.0 Å². The van der Waals surface area contributed by atoms with Crippen LogP contribution in [0.2, 0.25) is 0 Å². The van der Waals surface area contributed by atoms with Crippen LogP contribution in [0, 0.1) is 5.82 Å². The molecule has 0 aliphatic rings. The Balaban J connectivity index is 1.77. The minimum atomic E-state index is -4.57. The smallest absolute Gasteiger partial charge is 0.323 e. The van der Waals surface area contributed by atoms with E-state index in [2.05, 4.69) is 14.7 Å². The van der Waals surface area contributed by atoms with Crippen LogP contribution >= 0.6 is 0 Å². The fourth-order valence-corrected chi connectivity index (χ4v) is 2.98. The van der Waals surface area contributed by atoms with Gasteiger partial charge in [-0.05, 0) is 43.5 Å². The first kappa shape index (κ1) is 22.7. The zero-order valence-electron chi connectivity index (χ0n) is 16.0. The van der Waals surface area contributed by atoms with Crippen molar-refractivity contribution >= 4 is 10.9 Å². The third kappa shape index (κ3) is 5.60. The molecule has 0 spiro atoms. The summed E-state index contributed by atoms with van der Waals surface area (Å²) < 4.78 is 81.9. The first-order chi connectivity index (χ1) is 14.7. The second-order valence-corrected chi connectivity index (χ2v) is 6.69. The van der Waals surface area contributed by atoms with Crippen molar-refractivity contribution in [1.82, 2.24) is 14.5 Å². The van der Waals surface area contributed by atoms with Crippen LogP contribution in [-0.2, 0) is 17.5 Å². The molecule has 5 nitrogen and oxygen atoms in total. The molecule has 0 unspecified atom stereocenters. The molecule has 3 rings (SSSR count). The van der Waals surface area contributed by atoms with Crippen LogP contribution in [0.3, 0.4) is 0 Å². The summed E-state index contributed by atoms with van der Waals surface area (Å²) in [6, 6.07) is 4.26. The van der Waals surface area contributed by atoms with E-state index in [1.165, 1.54) is 16.8 Å². The molecule has 0 fully saturated rings. The van der Waals surface area contributed by atoms with Gasteiger partial charge in [-0.25, -0.2) is 9.37 Å². The van der Waals surface area contributed by atoms with E-state index in [1.807, 2.05) is 0 Å². The molecule has 0 atom stereocenters. The number of aryl methyl sites for hydroxylation is 1. The second kappa shape index (κ2) is 9.46. The average Bonchev–Trinajstić information content (AvgIpc) is 2.71. The molecule has 0 saturated carbocycles. The molecule has 0 bridgehead atoms. The maximum absolute atomic E-state index is 14.6. The van der Waals surface area contributed by atoms with Crippen LogP contribution in [0.5, 0.6) is 0 Å². The number of hydrogen-bond donors (Lipinski definition) is 0. The van der Waals surface area contributed by atoms with E-state index >= 15 is 0 Å². The van der Waals surface area contributed by atoms with Crippen LogP contribution in [0.25, 0.3) is 22.3 Å². The van der Waals surface area contributed by atoms with Crippen molar-refractivity contribution in [2.24, 2.45) is 0 Å². The van der Waals surface area contributed by atoms with Gasteiger partial charge in [-0.1, -0.05) is 0 Å². The number of rotatable bonds is 8. The van der Waals surface area contributed by atoms with Gasteiger partial charge in [0.25, 0.3) is 5.56 Å². The van der Waals surface area contributed by atoms with Gasteiger partial charge in [0.15, 0.2) is 5.82 Å². The highest BCUT2D eigenvalue weighted by Crippen LogP contribution is 2.30. The van der Waals surface area contributed by atoms with Crippen molar-refractivity contribution in [1.29, 1.82) is 0 Å². The van der Waals surface area contributed by atoms with Crippen LogP contribution < -0.4 is 5.56 Å². The molecular weight excluding hydrogens is 428 g/mol. The number of ether oxygens (including phenoxy) is 1. The van der Waals surface area contributed by atoms with Gasteiger partial charge >= 0.3 is 12.8 Å². The first-order valence-corrected chi connectivity index (χ1v) is 9.30. The summed E-state index contributed by atoms with van der Waals surface area (Å²) in [5.41, 5.74) is -1.65. The molecule has 3 aromatic heterocycles. The Hall–Kier alpha value is -2.95. The molecule has 166 valence electrons. The van der Waals surface area contributed by atoms with Crippen molar-refractivity contribution < 1.29 is 31.1 Å². The average molecular weight is 445 g/mol. The number of aromatic nitrogens is 3. The third-order valence-electron chi connectivity index (χ3n) is 4.53. The lowest BCUT2D eigenvalue weighted by Crippen LogP contribution is -2.20. The number of fused-ring (bicyclic) bond motifs is 1. The molecule has 0 radical (unpaired) electrons. The van der Waals surface area contributed by atoms with E-state index < -0.39 is 29.7 Å². The Morgan fingerprint density at radius 2 is 1.87 bits per heavy atom. The van der Waals surface area contributed by atoms with Gasteiger partial charge in [0.05, 0.1) is 28.8 Å². The van der Waals surface area contributed by atoms with Gasteiger partial charge < -0.3 is 9.30 Å². The zero-order chi connectivity index (χ0) is 22.6. The van der Waals surface area contributed by atoms with E-state index in [0.717, 1.165) is 18.2 Å². The molecule has 3 aromatic rings. The maximum Gasteiger partial charge on any atom is 0.417 e. The zero-order valence-corrected chi connectivity index (χ0v) is 16.0. The maximum atomic E-state index is 14.6. The molecule has 0 saturated heterocycles. The van der Waals surface area contributed by atoms with Crippen molar-refractivity contribution in [3.05, 3.63) is 58.4 Å². The standard InChI is InChI=1S/C20H17F6N3O2/c21-14-10-13-15(28-17(14)16-5-4-12(11-27-16)20(24,25)26)6-8-29(18(13)30)7-2-1-3-9-31-19(22)23/h4-6,8,10-11,19H,1-3,7,9H2. The number of pyridine rings is 3. The number of nitrogens with zero attached hydrogens (tertiary/aromatic N) is 3. The quantitative estimate of drug-likeness (QED) is 0.361. The molecule has 0 aromatic carbocycles. The van der Waals surface area contributed by atoms with E-state index in [9.17, 15) is 31.1 Å². The third-order valence-corrected chi connectivity index (χ3v) is 4.53. The summed E-state index contributed by atoms with van der Waals surface area (Å²) in [5, 5.41) is 0.0108. The summed E-state index contributed by atoms with van der Waals surface area (Å²) in [6.07, 6.45) is -1.02. The molecule has 0 N–H and O–H groups in total. The monoisotopic (exact) mass is 445 g/mol. The van der Waals surface area contributed by atoms with Crippen LogP contribution in [0.1, 0.15) is 24.8 Å². The molecule has 0 amide bonds. The van der Waals surface area contributed by atoms with E-state index in [0.29, 0.717) is 32.0 Å². The van der Waals surface area contributed by atoms with Crippen molar-refractivity contribution in [2.75, 3.05) is 6.61 Å². The molecule has 3 heterocycles. The van der Waals surface area contributed by atoms with Gasteiger partial charge in [0, 0.05) is 18.9 Å². The fourth-order valence-electron chi connectivity index (χ4n) is 2.98. The summed E-state index contributed by atoms with van der Waals surface area (Å²) in [5.74, 6) is -0.890. The topological polar surface area (TPSA) is 57.0 Å². The van der Waals surface area contributed by atoms with Crippen molar-refractivity contribution in [3.8, 4) is 11.4 Å².